The Hall–Kier alpha value is -0.280. The number of carbonyl (C=O) groups excluding carboxylic acids is 1. The molecular formula is C10H20ClNO2. The van der Waals surface area contributed by atoms with Gasteiger partial charge in [0.2, 0.25) is 5.91 Å². The molecule has 1 atom stereocenters. The number of amides is 1. The average molecular weight is 222 g/mol. The number of aliphatic hydroxyl groups excluding tert-OH is 1. The zero-order valence-corrected chi connectivity index (χ0v) is 9.76. The van der Waals surface area contributed by atoms with Crippen LogP contribution >= 0.6 is 11.6 Å². The van der Waals surface area contributed by atoms with Crippen LogP contribution in [0, 0.1) is 0 Å². The number of unbranched alkanes of at least 4 members (excludes halogenated alkanes) is 1. The lowest BCUT2D eigenvalue weighted by molar-refractivity contribution is -0.130. The fourth-order valence-electron chi connectivity index (χ4n) is 1.07. The molecule has 0 spiro atoms. The van der Waals surface area contributed by atoms with E-state index in [-0.39, 0.29) is 12.0 Å². The van der Waals surface area contributed by atoms with E-state index in [2.05, 4.69) is 0 Å². The van der Waals surface area contributed by atoms with E-state index in [1.54, 1.807) is 18.9 Å². The van der Waals surface area contributed by atoms with E-state index in [1.807, 2.05) is 0 Å². The van der Waals surface area contributed by atoms with E-state index in [0.29, 0.717) is 25.3 Å². The van der Waals surface area contributed by atoms with Crippen LogP contribution in [0.1, 0.15) is 32.6 Å². The highest BCUT2D eigenvalue weighted by Crippen LogP contribution is 2.02. The fraction of sp³-hybridized carbons (Fsp3) is 0.900. The Morgan fingerprint density at radius 1 is 1.50 bits per heavy atom. The smallest absolute Gasteiger partial charge is 0.222 e. The van der Waals surface area contributed by atoms with E-state index in [1.165, 1.54) is 0 Å². The van der Waals surface area contributed by atoms with Crippen molar-refractivity contribution in [3.8, 4) is 0 Å². The normalized spacial score (nSPS) is 12.6. The summed E-state index contributed by atoms with van der Waals surface area (Å²) in [5.74, 6) is 0.751. The third kappa shape index (κ3) is 7.15. The molecule has 1 unspecified atom stereocenters. The molecule has 0 fully saturated rings. The molecule has 0 heterocycles. The minimum absolute atomic E-state index is 0.135. The third-order valence-electron chi connectivity index (χ3n) is 2.08. The lowest BCUT2D eigenvalue weighted by Crippen LogP contribution is -2.29. The number of rotatable bonds is 7. The minimum Gasteiger partial charge on any atom is -0.393 e. The van der Waals surface area contributed by atoms with E-state index in [4.69, 9.17) is 16.7 Å². The average Bonchev–Trinajstić information content (AvgIpc) is 2.14. The predicted octanol–water partition coefficient (Wildman–Crippen LogP) is 1.62. The van der Waals surface area contributed by atoms with Crippen molar-refractivity contribution in [3.05, 3.63) is 0 Å². The summed E-state index contributed by atoms with van der Waals surface area (Å²) in [4.78, 5) is 13.1. The molecule has 3 nitrogen and oxygen atoms in total. The van der Waals surface area contributed by atoms with E-state index in [9.17, 15) is 4.79 Å². The largest absolute Gasteiger partial charge is 0.393 e. The van der Waals surface area contributed by atoms with Crippen molar-refractivity contribution in [2.75, 3.05) is 19.5 Å². The van der Waals surface area contributed by atoms with Crippen LogP contribution in [-0.2, 0) is 4.79 Å². The molecule has 0 aromatic carbocycles. The summed E-state index contributed by atoms with van der Waals surface area (Å²) in [5, 5.41) is 9.04. The summed E-state index contributed by atoms with van der Waals surface area (Å²) >= 11 is 5.51. The first-order valence-corrected chi connectivity index (χ1v) is 5.59. The molecule has 0 aliphatic rings. The summed E-state index contributed by atoms with van der Waals surface area (Å²) < 4.78 is 0. The van der Waals surface area contributed by atoms with Crippen LogP contribution < -0.4 is 0 Å². The van der Waals surface area contributed by atoms with Gasteiger partial charge in [-0.25, -0.2) is 0 Å². The highest BCUT2D eigenvalue weighted by Gasteiger charge is 2.08. The van der Waals surface area contributed by atoms with Gasteiger partial charge in [-0.15, -0.1) is 11.6 Å². The van der Waals surface area contributed by atoms with Crippen molar-refractivity contribution in [1.82, 2.24) is 4.90 Å². The second kappa shape index (κ2) is 8.06. The van der Waals surface area contributed by atoms with Crippen LogP contribution in [0.2, 0.25) is 0 Å². The number of hydrogen-bond donors (Lipinski definition) is 1. The zero-order chi connectivity index (χ0) is 11.0. The number of carbonyl (C=O) groups is 1. The summed E-state index contributed by atoms with van der Waals surface area (Å²) in [5.41, 5.74) is 0. The van der Waals surface area contributed by atoms with Crippen LogP contribution in [-0.4, -0.2) is 41.5 Å². The molecule has 0 saturated carbocycles. The van der Waals surface area contributed by atoms with Gasteiger partial charge in [0.15, 0.2) is 0 Å². The molecule has 0 saturated heterocycles. The third-order valence-corrected chi connectivity index (χ3v) is 2.35. The quantitative estimate of drug-likeness (QED) is 0.524. The van der Waals surface area contributed by atoms with Crippen molar-refractivity contribution in [1.29, 1.82) is 0 Å². The highest BCUT2D eigenvalue weighted by atomic mass is 35.5. The maximum Gasteiger partial charge on any atom is 0.222 e. The second-order valence-electron chi connectivity index (χ2n) is 3.60. The first-order chi connectivity index (χ1) is 6.57. The SMILES string of the molecule is CC(O)CCN(C)C(=O)CCCCCl. The standard InChI is InChI=1S/C10H20ClNO2/c1-9(13)6-8-12(2)10(14)5-3-4-7-11/h9,13H,3-8H2,1-2H3. The fourth-order valence-corrected chi connectivity index (χ4v) is 1.26. The van der Waals surface area contributed by atoms with E-state index >= 15 is 0 Å². The number of aliphatic hydroxyl groups is 1. The molecule has 0 aliphatic heterocycles. The molecule has 0 radical (unpaired) electrons. The Bertz CT molecular complexity index is 162. The molecule has 1 N–H and O–H groups in total. The summed E-state index contributed by atoms with van der Waals surface area (Å²) in [6, 6.07) is 0. The van der Waals surface area contributed by atoms with Crippen molar-refractivity contribution in [2.24, 2.45) is 0 Å². The predicted molar refractivity (Wildman–Crippen MR) is 58.5 cm³/mol. The molecule has 84 valence electrons. The second-order valence-corrected chi connectivity index (χ2v) is 3.98. The van der Waals surface area contributed by atoms with E-state index in [0.717, 1.165) is 12.8 Å². The Morgan fingerprint density at radius 3 is 2.64 bits per heavy atom. The zero-order valence-electron chi connectivity index (χ0n) is 9.00. The van der Waals surface area contributed by atoms with E-state index < -0.39 is 0 Å². The number of nitrogens with zero attached hydrogens (tertiary/aromatic N) is 1. The maximum atomic E-state index is 11.4. The molecular weight excluding hydrogens is 202 g/mol. The topological polar surface area (TPSA) is 40.5 Å². The number of halogens is 1. The van der Waals surface area contributed by atoms with Gasteiger partial charge in [0.25, 0.3) is 0 Å². The molecule has 0 bridgehead atoms. The van der Waals surface area contributed by atoms with Gasteiger partial charge in [0, 0.05) is 25.9 Å². The van der Waals surface area contributed by atoms with Crippen LogP contribution in [0.25, 0.3) is 0 Å². The van der Waals surface area contributed by atoms with Crippen LogP contribution in [0.5, 0.6) is 0 Å². The first-order valence-electron chi connectivity index (χ1n) is 5.06. The minimum atomic E-state index is -0.340. The van der Waals surface area contributed by atoms with Crippen molar-refractivity contribution in [2.45, 2.75) is 38.7 Å². The van der Waals surface area contributed by atoms with Crippen LogP contribution in [0.3, 0.4) is 0 Å². The molecule has 0 aromatic heterocycles. The van der Waals surface area contributed by atoms with Gasteiger partial charge in [0.1, 0.15) is 0 Å². The summed E-state index contributed by atoms with van der Waals surface area (Å²) in [6.45, 7) is 2.35. The monoisotopic (exact) mass is 221 g/mol. The maximum absolute atomic E-state index is 11.4. The summed E-state index contributed by atoms with van der Waals surface area (Å²) in [6.07, 6.45) is 2.59. The van der Waals surface area contributed by atoms with Crippen molar-refractivity contribution < 1.29 is 9.90 Å². The Morgan fingerprint density at radius 2 is 2.14 bits per heavy atom. The van der Waals surface area contributed by atoms with Gasteiger partial charge in [0.05, 0.1) is 6.10 Å². The van der Waals surface area contributed by atoms with Crippen LogP contribution in [0.15, 0.2) is 0 Å². The molecule has 4 heteroatoms. The Labute approximate surface area is 91.0 Å². The molecule has 14 heavy (non-hydrogen) atoms. The van der Waals surface area contributed by atoms with Gasteiger partial charge in [-0.05, 0) is 26.2 Å². The Kier molecular flexibility index (Phi) is 7.90. The molecule has 0 aromatic rings. The molecule has 1 amide bonds. The summed E-state index contributed by atoms with van der Waals surface area (Å²) in [7, 11) is 1.77. The van der Waals surface area contributed by atoms with Crippen molar-refractivity contribution >= 4 is 17.5 Å². The van der Waals surface area contributed by atoms with Crippen molar-refractivity contribution in [3.63, 3.8) is 0 Å². The molecule has 0 rings (SSSR count). The Balaban J connectivity index is 3.54. The van der Waals surface area contributed by atoms with Gasteiger partial charge in [-0.3, -0.25) is 4.79 Å². The molecule has 0 aliphatic carbocycles. The van der Waals surface area contributed by atoms with Gasteiger partial charge < -0.3 is 10.0 Å². The number of hydrogen-bond acceptors (Lipinski definition) is 2. The van der Waals surface area contributed by atoms with Gasteiger partial charge in [-0.1, -0.05) is 0 Å². The van der Waals surface area contributed by atoms with Gasteiger partial charge in [-0.2, -0.15) is 0 Å². The van der Waals surface area contributed by atoms with Crippen LogP contribution in [0.4, 0.5) is 0 Å². The lowest BCUT2D eigenvalue weighted by Gasteiger charge is -2.17. The lowest BCUT2D eigenvalue weighted by atomic mass is 10.2. The van der Waals surface area contributed by atoms with Gasteiger partial charge >= 0.3 is 0 Å². The highest BCUT2D eigenvalue weighted by molar-refractivity contribution is 6.17. The number of alkyl halides is 1. The first kappa shape index (κ1) is 13.7.